The molecule has 1 aliphatic heterocycles. The van der Waals surface area contributed by atoms with Crippen LogP contribution in [0.15, 0.2) is 85.1 Å². The first-order valence-corrected chi connectivity index (χ1v) is 28.3. The van der Waals surface area contributed by atoms with Gasteiger partial charge >= 0.3 is 27.6 Å². The van der Waals surface area contributed by atoms with E-state index in [1.807, 2.05) is 25.2 Å². The van der Waals surface area contributed by atoms with Gasteiger partial charge in [0.15, 0.2) is 6.10 Å². The largest absolute Gasteiger partial charge is 0.472 e. The molecule has 12 atom stereocenters. The average molecular weight is 1060 g/mol. The lowest BCUT2D eigenvalue weighted by atomic mass is 9.83. The predicted octanol–water partition coefficient (Wildman–Crippen LogP) is 6.76. The Morgan fingerprint density at radius 2 is 1.42 bits per heavy atom. The molecule has 72 heavy (non-hydrogen) atoms. The van der Waals surface area contributed by atoms with E-state index in [0.717, 1.165) is 50.7 Å². The number of ketones is 1. The van der Waals surface area contributed by atoms with E-state index in [1.165, 1.54) is 25.3 Å². The minimum Gasteiger partial charge on any atom is -0.462 e. The smallest absolute Gasteiger partial charge is 0.462 e. The zero-order chi connectivity index (χ0) is 53.4. The Hall–Kier alpha value is -3.23. The second-order valence-corrected chi connectivity index (χ2v) is 20.6. The summed E-state index contributed by atoms with van der Waals surface area (Å²) >= 11 is 0. The van der Waals surface area contributed by atoms with Crippen molar-refractivity contribution in [2.24, 2.45) is 11.8 Å². The lowest BCUT2D eigenvalue weighted by Crippen LogP contribution is -2.56. The SMILES string of the molecule is CCCCC/C=C\C/C=C\C/C=C\C/C=C\C/C=C\CCC(=O)OC[C@@H]1COP(=O)(O)O[C@H]2[C@H](O)[C@@H](O)[C@H](O)[C@@H](C/C=C\CCCC(=O)O1)[C@@H](O)CC(=O)[C@H](/C=C/[C@@H](O)CCCCC)[C@@H](O)[C@H]2OP(=O)(O)O. The van der Waals surface area contributed by atoms with Crippen LogP contribution in [0, 0.1) is 11.8 Å². The van der Waals surface area contributed by atoms with E-state index in [2.05, 4.69) is 43.4 Å². The van der Waals surface area contributed by atoms with E-state index in [1.54, 1.807) is 12.2 Å². The quantitative estimate of drug-likeness (QED) is 0.0197. The van der Waals surface area contributed by atoms with Gasteiger partial charge < -0.3 is 54.8 Å². The summed E-state index contributed by atoms with van der Waals surface area (Å²) in [5, 5.41) is 68.0. The van der Waals surface area contributed by atoms with E-state index in [9.17, 15) is 68.8 Å². The molecule has 1 heterocycles. The Labute approximate surface area is 424 Å². The number of hydrogen-bond donors (Lipinski definition) is 9. The molecule has 2 aliphatic rings. The van der Waals surface area contributed by atoms with Crippen LogP contribution in [0.1, 0.15) is 136 Å². The average Bonchev–Trinajstić information content (AvgIpc) is 3.32. The van der Waals surface area contributed by atoms with Gasteiger partial charge in [-0.1, -0.05) is 131 Å². The van der Waals surface area contributed by atoms with Gasteiger partial charge in [-0.25, -0.2) is 9.13 Å². The second-order valence-electron chi connectivity index (χ2n) is 18.0. The number of phosphoric acid groups is 2. The standard InChI is InChI=1S/C51H82O19P2/c1-3-5-7-8-9-10-11-12-13-14-15-16-17-18-19-20-21-22-27-31-44(55)66-36-39-37-67-72(64,65)70-51-49(60)48(59)46(57)40(30-26-23-24-28-32-45(56)68-39)42(53)35-43(54)41(34-33-38(52)29-25-6-4-2)47(58)50(51)69-71(61,62)63/h9-10,12-13,15-16,18-19,21-23,26,33-34,38-42,46-53,57-60H,3-8,11,14,17,20,24-25,27-32,35-37H2,1-2H3,(H,64,65)(H2,61,62,63)/b10-9-,13-12-,16-15-,19-18-,22-21-,26-23-,34-33+/t38-,39+,40-,41-,42-,46+,47+,48-,49+,50+,51-/m0/s1. The molecule has 0 spiro atoms. The summed E-state index contributed by atoms with van der Waals surface area (Å²) in [6.45, 7) is 2.45. The summed E-state index contributed by atoms with van der Waals surface area (Å²) in [7, 11) is -11.5. The summed E-state index contributed by atoms with van der Waals surface area (Å²) in [5.74, 6) is -5.91. The highest BCUT2D eigenvalue weighted by atomic mass is 31.2. The van der Waals surface area contributed by atoms with Crippen LogP contribution in [0.2, 0.25) is 0 Å². The number of cyclic esters (lactones) is 1. The number of fused-ring (bicyclic) bond motifs is 4. The first-order valence-electron chi connectivity index (χ1n) is 25.2. The highest BCUT2D eigenvalue weighted by Gasteiger charge is 2.51. The highest BCUT2D eigenvalue weighted by molar-refractivity contribution is 7.47. The monoisotopic (exact) mass is 1060 g/mol. The van der Waals surface area contributed by atoms with Crippen molar-refractivity contribution < 1.29 is 91.9 Å². The Kier molecular flexibility index (Phi) is 33.0. The molecule has 21 heteroatoms. The number of rotatable bonds is 25. The number of phosphoric ester groups is 2. The molecule has 0 aromatic heterocycles. The summed E-state index contributed by atoms with van der Waals surface area (Å²) in [6.07, 6.45) is 15.8. The first-order chi connectivity index (χ1) is 34.3. The van der Waals surface area contributed by atoms with Crippen LogP contribution in [-0.4, -0.2) is 131 Å². The minimum atomic E-state index is -5.81. The Morgan fingerprint density at radius 3 is 2.03 bits per heavy atom. The van der Waals surface area contributed by atoms with Gasteiger partial charge in [0.25, 0.3) is 0 Å². The number of aliphatic hydroxyl groups is 6. The lowest BCUT2D eigenvalue weighted by molar-refractivity contribution is -0.165. The van der Waals surface area contributed by atoms with Crippen molar-refractivity contribution in [3.63, 3.8) is 0 Å². The zero-order valence-corrected chi connectivity index (χ0v) is 43.6. The van der Waals surface area contributed by atoms with Crippen LogP contribution in [0.5, 0.6) is 0 Å². The van der Waals surface area contributed by atoms with Crippen molar-refractivity contribution in [1.29, 1.82) is 0 Å². The molecule has 0 aromatic rings. The van der Waals surface area contributed by atoms with Crippen molar-refractivity contribution in [2.45, 2.75) is 191 Å². The number of carbonyl (C=O) groups is 3. The normalized spacial score (nSPS) is 30.2. The third kappa shape index (κ3) is 27.9. The van der Waals surface area contributed by atoms with Crippen molar-refractivity contribution in [2.75, 3.05) is 13.2 Å². The van der Waals surface area contributed by atoms with Gasteiger partial charge in [-0.15, -0.1) is 0 Å². The molecule has 410 valence electrons. The summed E-state index contributed by atoms with van der Waals surface area (Å²) in [4.78, 5) is 70.5. The van der Waals surface area contributed by atoms with Crippen LogP contribution in [0.3, 0.4) is 0 Å². The molecule has 0 saturated heterocycles. The minimum absolute atomic E-state index is 0.0774. The van der Waals surface area contributed by atoms with Gasteiger partial charge in [-0.2, -0.15) is 0 Å². The molecule has 1 saturated carbocycles. The highest BCUT2D eigenvalue weighted by Crippen LogP contribution is 2.49. The molecule has 0 aromatic carbocycles. The maximum Gasteiger partial charge on any atom is 0.472 e. The molecule has 0 amide bonds. The fourth-order valence-electron chi connectivity index (χ4n) is 7.77. The summed E-state index contributed by atoms with van der Waals surface area (Å²) in [6, 6.07) is 0. The molecular formula is C51H82O19P2. The molecular weight excluding hydrogens is 978 g/mol. The topological polar surface area (TPSA) is 314 Å². The van der Waals surface area contributed by atoms with E-state index >= 15 is 0 Å². The fourth-order valence-corrected chi connectivity index (χ4v) is 9.30. The van der Waals surface area contributed by atoms with Crippen LogP contribution in [-0.2, 0) is 46.6 Å². The van der Waals surface area contributed by atoms with Crippen LogP contribution in [0.4, 0.5) is 0 Å². The van der Waals surface area contributed by atoms with Crippen LogP contribution in [0.25, 0.3) is 0 Å². The van der Waals surface area contributed by atoms with E-state index in [-0.39, 0.29) is 38.5 Å². The third-order valence-corrected chi connectivity index (χ3v) is 13.3. The molecule has 1 unspecified atom stereocenters. The number of hydrogen-bond acceptors (Lipinski definition) is 16. The number of allylic oxidation sites excluding steroid dienone is 12. The number of carbonyl (C=O) groups excluding carboxylic acids is 3. The van der Waals surface area contributed by atoms with Gasteiger partial charge in [0.05, 0.1) is 36.9 Å². The van der Waals surface area contributed by atoms with E-state index in [4.69, 9.17) is 23.0 Å². The molecule has 9 N–H and O–H groups in total. The number of unbranched alkanes of at least 4 members (excludes halogenated alkanes) is 5. The van der Waals surface area contributed by atoms with Gasteiger partial charge in [-0.3, -0.25) is 28.0 Å². The predicted molar refractivity (Wildman–Crippen MR) is 269 cm³/mol. The Bertz CT molecular complexity index is 1870. The lowest BCUT2D eigenvalue weighted by Gasteiger charge is -2.38. The molecule has 2 bridgehead atoms. The molecule has 19 nitrogen and oxygen atoms in total. The van der Waals surface area contributed by atoms with Gasteiger partial charge in [-0.05, 0) is 70.6 Å². The second kappa shape index (κ2) is 36.7. The fraction of sp³-hybridized carbons (Fsp3) is 0.667. The first kappa shape index (κ1) is 64.9. The molecule has 0 radical (unpaired) electrons. The summed E-state index contributed by atoms with van der Waals surface area (Å²) in [5.41, 5.74) is 0. The van der Waals surface area contributed by atoms with Gasteiger partial charge in [0.2, 0.25) is 0 Å². The van der Waals surface area contributed by atoms with Crippen molar-refractivity contribution in [1.82, 2.24) is 0 Å². The summed E-state index contributed by atoms with van der Waals surface area (Å²) < 4.78 is 52.0. The van der Waals surface area contributed by atoms with Gasteiger partial charge in [0, 0.05) is 25.2 Å². The van der Waals surface area contributed by atoms with Crippen molar-refractivity contribution in [3.8, 4) is 0 Å². The maximum absolute atomic E-state index is 13.9. The van der Waals surface area contributed by atoms with Crippen molar-refractivity contribution >= 4 is 33.4 Å². The number of esters is 2. The number of ether oxygens (including phenoxy) is 2. The van der Waals surface area contributed by atoms with Crippen molar-refractivity contribution in [3.05, 3.63) is 85.1 Å². The molecule has 2 rings (SSSR count). The van der Waals surface area contributed by atoms with Crippen LogP contribution >= 0.6 is 15.6 Å². The number of Topliss-reactive ketones (excluding diaryl/α,β-unsaturated/α-hetero) is 1. The Balaban J connectivity index is 2.26. The van der Waals surface area contributed by atoms with E-state index in [0.29, 0.717) is 19.3 Å². The van der Waals surface area contributed by atoms with Gasteiger partial charge in [0.1, 0.15) is 36.8 Å². The zero-order valence-electron chi connectivity index (χ0n) is 41.8. The third-order valence-electron chi connectivity index (χ3n) is 11.8. The van der Waals surface area contributed by atoms with Crippen LogP contribution < -0.4 is 0 Å². The Morgan fingerprint density at radius 1 is 0.819 bits per heavy atom. The molecule has 1 aliphatic carbocycles. The van der Waals surface area contributed by atoms with E-state index < -0.39 is 120 Å². The maximum atomic E-state index is 13.9. The molecule has 1 fully saturated rings. The number of aliphatic hydroxyl groups excluding tert-OH is 6.